The van der Waals surface area contributed by atoms with E-state index in [4.69, 9.17) is 16.2 Å². The van der Waals surface area contributed by atoms with Crippen molar-refractivity contribution in [2.45, 2.75) is 6.92 Å². The zero-order valence-electron chi connectivity index (χ0n) is 16.7. The number of hydrogen-bond acceptors (Lipinski definition) is 7. The predicted octanol–water partition coefficient (Wildman–Crippen LogP) is 4.06. The number of rotatable bonds is 6. The molecule has 0 aliphatic carbocycles. The van der Waals surface area contributed by atoms with Gasteiger partial charge in [-0.3, -0.25) is 9.78 Å². The second kappa shape index (κ2) is 8.50. The van der Waals surface area contributed by atoms with E-state index in [1.807, 2.05) is 49.4 Å². The summed E-state index contributed by atoms with van der Waals surface area (Å²) in [6.45, 7) is 2.02. The van der Waals surface area contributed by atoms with Crippen LogP contribution in [-0.4, -0.2) is 20.9 Å². The molecule has 4 rings (SSSR count). The van der Waals surface area contributed by atoms with Gasteiger partial charge >= 0.3 is 0 Å². The number of nitrogens with zero attached hydrogens (tertiary/aromatic N) is 3. The van der Waals surface area contributed by atoms with E-state index < -0.39 is 5.91 Å². The number of aryl methyl sites for hydroxylation is 1. The van der Waals surface area contributed by atoms with Crippen LogP contribution in [0, 0.1) is 6.92 Å². The number of nitrogen functional groups attached to an aromatic ring is 1. The van der Waals surface area contributed by atoms with Crippen molar-refractivity contribution in [3.8, 4) is 22.8 Å². The largest absolute Gasteiger partial charge is 0.457 e. The molecular formula is C23H20N6O2. The molecule has 2 aromatic carbocycles. The molecule has 0 saturated carbocycles. The van der Waals surface area contributed by atoms with E-state index in [0.29, 0.717) is 17.3 Å². The molecular weight excluding hydrogens is 392 g/mol. The minimum atomic E-state index is -0.612. The van der Waals surface area contributed by atoms with Crippen LogP contribution in [0.5, 0.6) is 11.5 Å². The van der Waals surface area contributed by atoms with Crippen molar-refractivity contribution in [1.82, 2.24) is 15.0 Å². The van der Waals surface area contributed by atoms with Gasteiger partial charge in [0.05, 0.1) is 5.69 Å². The van der Waals surface area contributed by atoms with E-state index in [-0.39, 0.29) is 11.6 Å². The van der Waals surface area contributed by atoms with E-state index in [0.717, 1.165) is 22.5 Å². The number of amides is 1. The molecule has 8 nitrogen and oxygen atoms in total. The summed E-state index contributed by atoms with van der Waals surface area (Å²) in [5, 5.41) is 3.23. The lowest BCUT2D eigenvalue weighted by Crippen LogP contribution is -2.12. The van der Waals surface area contributed by atoms with Gasteiger partial charge in [0.25, 0.3) is 5.91 Å². The van der Waals surface area contributed by atoms with Crippen molar-refractivity contribution in [2.24, 2.45) is 5.73 Å². The van der Waals surface area contributed by atoms with Crippen molar-refractivity contribution >= 4 is 23.4 Å². The molecule has 0 bridgehead atoms. The highest BCUT2D eigenvalue weighted by atomic mass is 16.5. The third-order valence-electron chi connectivity index (χ3n) is 4.51. The van der Waals surface area contributed by atoms with Gasteiger partial charge in [-0.25, -0.2) is 4.98 Å². The van der Waals surface area contributed by atoms with Crippen LogP contribution in [0.1, 0.15) is 16.1 Å². The Balaban J connectivity index is 1.51. The number of benzene rings is 2. The van der Waals surface area contributed by atoms with Gasteiger partial charge < -0.3 is 21.5 Å². The van der Waals surface area contributed by atoms with Crippen LogP contribution in [0.2, 0.25) is 0 Å². The minimum absolute atomic E-state index is 0.140. The molecule has 31 heavy (non-hydrogen) atoms. The summed E-state index contributed by atoms with van der Waals surface area (Å²) in [5.41, 5.74) is 15.0. The van der Waals surface area contributed by atoms with Crippen LogP contribution in [0.15, 0.2) is 72.9 Å². The second-order valence-corrected chi connectivity index (χ2v) is 6.80. The maximum absolute atomic E-state index is 11.3. The number of pyridine rings is 1. The highest BCUT2D eigenvalue weighted by Gasteiger charge is 2.08. The summed E-state index contributed by atoms with van der Waals surface area (Å²) >= 11 is 0. The average molecular weight is 412 g/mol. The van der Waals surface area contributed by atoms with Crippen LogP contribution in [0.4, 0.5) is 17.5 Å². The Hall–Kier alpha value is -4.46. The number of nitrogens with one attached hydrogen (secondary N) is 1. The van der Waals surface area contributed by atoms with Crippen LogP contribution in [0.25, 0.3) is 11.3 Å². The summed E-state index contributed by atoms with van der Waals surface area (Å²) in [5.74, 6) is 1.22. The average Bonchev–Trinajstić information content (AvgIpc) is 2.75. The molecule has 0 saturated heterocycles. The van der Waals surface area contributed by atoms with Gasteiger partial charge in [0.15, 0.2) is 0 Å². The molecule has 1 amide bonds. The molecule has 2 heterocycles. The quantitative estimate of drug-likeness (QED) is 0.435. The van der Waals surface area contributed by atoms with Gasteiger partial charge in [0.1, 0.15) is 23.0 Å². The maximum Gasteiger partial charge on any atom is 0.267 e. The van der Waals surface area contributed by atoms with Crippen LogP contribution < -0.4 is 21.5 Å². The molecule has 0 fully saturated rings. The van der Waals surface area contributed by atoms with Gasteiger partial charge in [-0.1, -0.05) is 24.3 Å². The fraction of sp³-hybridized carbons (Fsp3) is 0.0435. The topological polar surface area (TPSA) is 129 Å². The molecule has 154 valence electrons. The summed E-state index contributed by atoms with van der Waals surface area (Å²) in [6.07, 6.45) is 1.47. The molecule has 0 aliphatic rings. The first-order chi connectivity index (χ1) is 15.0. The zero-order valence-corrected chi connectivity index (χ0v) is 16.7. The molecule has 4 aromatic rings. The molecule has 0 aliphatic heterocycles. The number of primary amides is 1. The Bertz CT molecular complexity index is 1240. The fourth-order valence-electron chi connectivity index (χ4n) is 3.03. The van der Waals surface area contributed by atoms with Crippen LogP contribution >= 0.6 is 0 Å². The first-order valence-electron chi connectivity index (χ1n) is 9.49. The Morgan fingerprint density at radius 1 is 0.968 bits per heavy atom. The zero-order chi connectivity index (χ0) is 21.8. The lowest BCUT2D eigenvalue weighted by atomic mass is 10.1. The Morgan fingerprint density at radius 3 is 2.48 bits per heavy atom. The predicted molar refractivity (Wildman–Crippen MR) is 119 cm³/mol. The Kier molecular flexibility index (Phi) is 5.44. The molecule has 2 aromatic heterocycles. The van der Waals surface area contributed by atoms with Crippen LogP contribution in [0.3, 0.4) is 0 Å². The lowest BCUT2D eigenvalue weighted by molar-refractivity contribution is 0.0995. The third kappa shape index (κ3) is 4.76. The number of carbonyl (C=O) groups is 1. The summed E-state index contributed by atoms with van der Waals surface area (Å²) < 4.78 is 5.76. The van der Waals surface area contributed by atoms with E-state index in [1.165, 1.54) is 12.3 Å². The van der Waals surface area contributed by atoms with E-state index in [9.17, 15) is 4.79 Å². The number of aromatic nitrogens is 3. The summed E-state index contributed by atoms with van der Waals surface area (Å²) in [7, 11) is 0. The van der Waals surface area contributed by atoms with Crippen molar-refractivity contribution in [2.75, 3.05) is 11.1 Å². The number of nitrogens with two attached hydrogens (primary N) is 2. The second-order valence-electron chi connectivity index (χ2n) is 6.80. The minimum Gasteiger partial charge on any atom is -0.457 e. The van der Waals surface area contributed by atoms with Crippen LogP contribution in [-0.2, 0) is 0 Å². The van der Waals surface area contributed by atoms with Gasteiger partial charge in [0.2, 0.25) is 5.95 Å². The highest BCUT2D eigenvalue weighted by molar-refractivity contribution is 5.91. The van der Waals surface area contributed by atoms with Gasteiger partial charge in [-0.2, -0.15) is 4.98 Å². The molecule has 0 unspecified atom stereocenters. The van der Waals surface area contributed by atoms with Crippen molar-refractivity contribution < 1.29 is 9.53 Å². The van der Waals surface area contributed by atoms with E-state index in [1.54, 1.807) is 18.2 Å². The maximum atomic E-state index is 11.3. The SMILES string of the molecule is Cc1ccccc1-c1cc(Nc2ccc(Oc3ccnc(C(N)=O)c3)cc2)nc(N)n1. The van der Waals surface area contributed by atoms with E-state index >= 15 is 0 Å². The van der Waals surface area contributed by atoms with Crippen molar-refractivity contribution in [3.63, 3.8) is 0 Å². The number of anilines is 3. The third-order valence-corrected chi connectivity index (χ3v) is 4.51. The molecule has 8 heteroatoms. The monoisotopic (exact) mass is 412 g/mol. The summed E-state index contributed by atoms with van der Waals surface area (Å²) in [4.78, 5) is 23.8. The summed E-state index contributed by atoms with van der Waals surface area (Å²) in [6, 6.07) is 20.2. The molecule has 0 spiro atoms. The number of carbonyl (C=O) groups excluding carboxylic acids is 1. The molecule has 5 N–H and O–H groups in total. The normalized spacial score (nSPS) is 10.5. The number of hydrogen-bond donors (Lipinski definition) is 3. The lowest BCUT2D eigenvalue weighted by Gasteiger charge is -2.11. The first kappa shape index (κ1) is 19.8. The first-order valence-corrected chi connectivity index (χ1v) is 9.49. The highest BCUT2D eigenvalue weighted by Crippen LogP contribution is 2.27. The standard InChI is InChI=1S/C23H20N6O2/c1-14-4-2-3-5-18(14)19-13-21(29-23(25)28-19)27-15-6-8-16(9-7-15)31-17-10-11-26-20(12-17)22(24)30/h2-13H,1H3,(H2,24,30)(H3,25,27,28,29). The Labute approximate surface area is 178 Å². The molecule has 0 radical (unpaired) electrons. The molecule has 0 atom stereocenters. The van der Waals surface area contributed by atoms with E-state index in [2.05, 4.69) is 20.3 Å². The van der Waals surface area contributed by atoms with Crippen molar-refractivity contribution in [3.05, 3.63) is 84.2 Å². The number of ether oxygens (including phenoxy) is 1. The smallest absolute Gasteiger partial charge is 0.267 e. The van der Waals surface area contributed by atoms with Gasteiger partial charge in [-0.05, 0) is 42.8 Å². The fourth-order valence-corrected chi connectivity index (χ4v) is 3.03. The van der Waals surface area contributed by atoms with Gasteiger partial charge in [-0.15, -0.1) is 0 Å². The van der Waals surface area contributed by atoms with Gasteiger partial charge in [0, 0.05) is 29.6 Å². The Morgan fingerprint density at radius 2 is 1.74 bits per heavy atom. The van der Waals surface area contributed by atoms with Crippen molar-refractivity contribution in [1.29, 1.82) is 0 Å².